The summed E-state index contributed by atoms with van der Waals surface area (Å²) in [6.45, 7) is 0.500. The van der Waals surface area contributed by atoms with Crippen LogP contribution >= 0.6 is 27.3 Å². The Hall–Kier alpha value is -2.24. The van der Waals surface area contributed by atoms with Gasteiger partial charge in [0.1, 0.15) is 4.83 Å². The van der Waals surface area contributed by atoms with Gasteiger partial charge >= 0.3 is 0 Å². The summed E-state index contributed by atoms with van der Waals surface area (Å²) in [6, 6.07) is 19.9. The minimum Gasteiger partial charge on any atom is -0.294 e. The van der Waals surface area contributed by atoms with E-state index in [1.807, 2.05) is 60.7 Å². The first-order chi connectivity index (χ1) is 11.7. The molecule has 2 aromatic carbocycles. The zero-order valence-corrected chi connectivity index (χ0v) is 15.0. The van der Waals surface area contributed by atoms with Gasteiger partial charge in [-0.25, -0.2) is 4.98 Å². The van der Waals surface area contributed by atoms with Crippen LogP contribution < -0.4 is 5.56 Å². The first kappa shape index (κ1) is 15.3. The van der Waals surface area contributed by atoms with E-state index in [0.29, 0.717) is 11.9 Å². The van der Waals surface area contributed by atoms with Gasteiger partial charge in [0.15, 0.2) is 0 Å². The van der Waals surface area contributed by atoms with Gasteiger partial charge in [-0.1, -0.05) is 64.5 Å². The smallest absolute Gasteiger partial charge is 0.262 e. The number of halogens is 1. The number of rotatable bonds is 3. The van der Waals surface area contributed by atoms with E-state index in [4.69, 9.17) is 0 Å². The Balaban J connectivity index is 1.78. The van der Waals surface area contributed by atoms with Crippen LogP contribution in [0, 0.1) is 0 Å². The summed E-state index contributed by atoms with van der Waals surface area (Å²) in [7, 11) is 0. The molecule has 0 aliphatic carbocycles. The van der Waals surface area contributed by atoms with Gasteiger partial charge < -0.3 is 0 Å². The molecule has 0 aliphatic rings. The lowest BCUT2D eigenvalue weighted by atomic mass is 10.2. The van der Waals surface area contributed by atoms with Crippen LogP contribution in [0.4, 0.5) is 0 Å². The van der Waals surface area contributed by atoms with Gasteiger partial charge in [0, 0.05) is 9.35 Å². The second-order valence-corrected chi connectivity index (χ2v) is 7.35. The van der Waals surface area contributed by atoms with E-state index in [1.165, 1.54) is 0 Å². The quantitative estimate of drug-likeness (QED) is 0.491. The molecule has 0 saturated carbocycles. The fourth-order valence-corrected chi connectivity index (χ4v) is 4.03. The van der Waals surface area contributed by atoms with Crippen molar-refractivity contribution in [2.45, 2.75) is 6.54 Å². The molecule has 4 aromatic rings. The highest BCUT2D eigenvalue weighted by atomic mass is 79.9. The van der Waals surface area contributed by atoms with Gasteiger partial charge in [0.05, 0.1) is 18.3 Å². The lowest BCUT2D eigenvalue weighted by Gasteiger charge is -2.07. The predicted octanol–water partition coefficient (Wildman–Crippen LogP) is 4.94. The van der Waals surface area contributed by atoms with Crippen molar-refractivity contribution in [2.24, 2.45) is 0 Å². The van der Waals surface area contributed by atoms with Crippen molar-refractivity contribution >= 4 is 37.5 Å². The van der Waals surface area contributed by atoms with Crippen molar-refractivity contribution in [3.63, 3.8) is 0 Å². The molecule has 118 valence electrons. The fourth-order valence-electron chi connectivity index (χ4n) is 2.63. The van der Waals surface area contributed by atoms with Crippen molar-refractivity contribution in [2.75, 3.05) is 0 Å². The Morgan fingerprint density at radius 1 is 1.04 bits per heavy atom. The van der Waals surface area contributed by atoms with Crippen LogP contribution in [0.3, 0.4) is 0 Å². The third-order valence-electron chi connectivity index (χ3n) is 3.87. The minimum absolute atomic E-state index is 0.00539. The maximum atomic E-state index is 12.8. The number of aromatic nitrogens is 2. The average molecular weight is 397 g/mol. The van der Waals surface area contributed by atoms with Crippen LogP contribution in [0.5, 0.6) is 0 Å². The average Bonchev–Trinajstić information content (AvgIpc) is 3.05. The molecular weight excluding hydrogens is 384 g/mol. The molecule has 0 amide bonds. The van der Waals surface area contributed by atoms with E-state index in [2.05, 4.69) is 20.9 Å². The fraction of sp³-hybridized carbons (Fsp3) is 0.0526. The standard InChI is InChI=1S/C19H13BrN2OS/c20-16-9-5-4-8-14(16)11-22-12-21-18-15(19(22)23)10-17(24-18)13-6-2-1-3-7-13/h1-10,12H,11H2. The van der Waals surface area contributed by atoms with Gasteiger partial charge in [-0.15, -0.1) is 11.3 Å². The molecule has 0 bridgehead atoms. The van der Waals surface area contributed by atoms with Crippen molar-refractivity contribution in [1.82, 2.24) is 9.55 Å². The molecular formula is C19H13BrN2OS. The molecule has 0 radical (unpaired) electrons. The molecule has 24 heavy (non-hydrogen) atoms. The molecule has 0 atom stereocenters. The molecule has 0 unspecified atom stereocenters. The minimum atomic E-state index is -0.00539. The normalized spacial score (nSPS) is 11.0. The van der Waals surface area contributed by atoms with Crippen LogP contribution in [0.2, 0.25) is 0 Å². The summed E-state index contributed by atoms with van der Waals surface area (Å²) >= 11 is 5.08. The maximum absolute atomic E-state index is 12.8. The highest BCUT2D eigenvalue weighted by molar-refractivity contribution is 9.10. The highest BCUT2D eigenvalue weighted by Gasteiger charge is 2.11. The molecule has 0 fully saturated rings. The Bertz CT molecular complexity index is 1070. The molecule has 0 N–H and O–H groups in total. The van der Waals surface area contributed by atoms with Crippen molar-refractivity contribution < 1.29 is 0 Å². The summed E-state index contributed by atoms with van der Waals surface area (Å²) in [5.74, 6) is 0. The Kier molecular flexibility index (Phi) is 4.04. The van der Waals surface area contributed by atoms with Crippen molar-refractivity contribution in [3.05, 3.63) is 87.4 Å². The lowest BCUT2D eigenvalue weighted by Crippen LogP contribution is -2.20. The third kappa shape index (κ3) is 2.81. The monoisotopic (exact) mass is 396 g/mol. The first-order valence-electron chi connectivity index (χ1n) is 7.50. The van der Waals surface area contributed by atoms with Gasteiger partial charge in [-0.05, 0) is 23.3 Å². The highest BCUT2D eigenvalue weighted by Crippen LogP contribution is 2.30. The Morgan fingerprint density at radius 2 is 1.79 bits per heavy atom. The number of hydrogen-bond acceptors (Lipinski definition) is 3. The molecule has 0 spiro atoms. The van der Waals surface area contributed by atoms with Crippen LogP contribution in [0.25, 0.3) is 20.7 Å². The van der Waals surface area contributed by atoms with Crippen LogP contribution in [-0.4, -0.2) is 9.55 Å². The predicted molar refractivity (Wildman–Crippen MR) is 103 cm³/mol. The van der Waals surface area contributed by atoms with E-state index in [9.17, 15) is 4.79 Å². The molecule has 4 rings (SSSR count). The summed E-state index contributed by atoms with van der Waals surface area (Å²) in [5, 5.41) is 0.674. The van der Waals surface area contributed by atoms with Gasteiger partial charge in [0.25, 0.3) is 5.56 Å². The number of fused-ring (bicyclic) bond motifs is 1. The second kappa shape index (κ2) is 6.34. The zero-order valence-electron chi connectivity index (χ0n) is 12.6. The molecule has 5 heteroatoms. The Labute approximate surface area is 151 Å². The second-order valence-electron chi connectivity index (χ2n) is 5.46. The number of benzene rings is 2. The van der Waals surface area contributed by atoms with Crippen molar-refractivity contribution in [3.8, 4) is 10.4 Å². The maximum Gasteiger partial charge on any atom is 0.262 e. The lowest BCUT2D eigenvalue weighted by molar-refractivity contribution is 0.747. The van der Waals surface area contributed by atoms with Gasteiger partial charge in [-0.3, -0.25) is 9.36 Å². The Morgan fingerprint density at radius 3 is 2.58 bits per heavy atom. The van der Waals surface area contributed by atoms with E-state index in [0.717, 1.165) is 25.3 Å². The number of thiophene rings is 1. The summed E-state index contributed by atoms with van der Waals surface area (Å²) in [5.41, 5.74) is 2.16. The zero-order chi connectivity index (χ0) is 16.5. The molecule has 0 saturated heterocycles. The largest absolute Gasteiger partial charge is 0.294 e. The molecule has 2 heterocycles. The van der Waals surface area contributed by atoms with Gasteiger partial charge in [-0.2, -0.15) is 0 Å². The number of nitrogens with zero attached hydrogens (tertiary/aromatic N) is 2. The van der Waals surface area contributed by atoms with E-state index >= 15 is 0 Å². The SMILES string of the molecule is O=c1c2cc(-c3ccccc3)sc2ncn1Cc1ccccc1Br. The van der Waals surface area contributed by atoms with E-state index < -0.39 is 0 Å². The topological polar surface area (TPSA) is 34.9 Å². The van der Waals surface area contributed by atoms with Crippen LogP contribution in [0.1, 0.15) is 5.56 Å². The first-order valence-corrected chi connectivity index (χ1v) is 9.11. The van der Waals surface area contributed by atoms with E-state index in [1.54, 1.807) is 22.2 Å². The number of hydrogen-bond donors (Lipinski definition) is 0. The van der Waals surface area contributed by atoms with Gasteiger partial charge in [0.2, 0.25) is 0 Å². The summed E-state index contributed by atoms with van der Waals surface area (Å²) in [4.78, 5) is 19.1. The summed E-state index contributed by atoms with van der Waals surface area (Å²) in [6.07, 6.45) is 1.63. The molecule has 2 aromatic heterocycles. The molecule has 0 aliphatic heterocycles. The van der Waals surface area contributed by atoms with Crippen LogP contribution in [0.15, 0.2) is 76.3 Å². The van der Waals surface area contributed by atoms with Crippen molar-refractivity contribution in [1.29, 1.82) is 0 Å². The summed E-state index contributed by atoms with van der Waals surface area (Å²) < 4.78 is 2.65. The van der Waals surface area contributed by atoms with E-state index in [-0.39, 0.29) is 5.56 Å². The molecule has 3 nitrogen and oxygen atoms in total. The third-order valence-corrected chi connectivity index (χ3v) is 5.74. The van der Waals surface area contributed by atoms with Crippen LogP contribution in [-0.2, 0) is 6.54 Å².